The molecule has 2 aromatic carbocycles. The topological polar surface area (TPSA) is 88.5 Å². The summed E-state index contributed by atoms with van der Waals surface area (Å²) in [7, 11) is 3.10. The van der Waals surface area contributed by atoms with Crippen molar-refractivity contribution < 1.29 is 23.9 Å². The van der Waals surface area contributed by atoms with Gasteiger partial charge in [0.05, 0.1) is 37.8 Å². The fourth-order valence-electron chi connectivity index (χ4n) is 4.75. The highest BCUT2D eigenvalue weighted by Crippen LogP contribution is 2.46. The Labute approximate surface area is 184 Å². The molecule has 8 nitrogen and oxygen atoms in total. The molecule has 0 radical (unpaired) electrons. The van der Waals surface area contributed by atoms with Crippen LogP contribution in [0.4, 0.5) is 5.69 Å². The number of allylic oxidation sites excluding steroid dienone is 1. The van der Waals surface area contributed by atoms with Crippen LogP contribution in [0.25, 0.3) is 0 Å². The first-order chi connectivity index (χ1) is 15.5. The van der Waals surface area contributed by atoms with Crippen molar-refractivity contribution in [3.63, 3.8) is 0 Å². The van der Waals surface area contributed by atoms with Gasteiger partial charge < -0.3 is 9.47 Å². The van der Waals surface area contributed by atoms with Gasteiger partial charge >= 0.3 is 0 Å². The maximum absolute atomic E-state index is 13.5. The van der Waals surface area contributed by atoms with Crippen LogP contribution in [0.1, 0.15) is 10.4 Å². The summed E-state index contributed by atoms with van der Waals surface area (Å²) in [6.07, 6.45) is 5.14. The molecule has 3 aliphatic rings. The third-order valence-corrected chi connectivity index (χ3v) is 6.26. The average molecular weight is 431 g/mol. The zero-order valence-corrected chi connectivity index (χ0v) is 17.5. The highest BCUT2D eigenvalue weighted by molar-refractivity contribution is 6.24. The molecule has 2 amide bonds. The molecule has 0 N–H and O–H groups in total. The third-order valence-electron chi connectivity index (χ3n) is 6.26. The number of imide groups is 1. The number of nitrogens with zero attached hydrogens (tertiary/aromatic N) is 3. The maximum atomic E-state index is 13.5. The lowest BCUT2D eigenvalue weighted by molar-refractivity contribution is -0.123. The minimum absolute atomic E-state index is 0.254. The van der Waals surface area contributed by atoms with E-state index in [0.29, 0.717) is 22.7 Å². The molecule has 3 aliphatic heterocycles. The van der Waals surface area contributed by atoms with Gasteiger partial charge in [-0.05, 0) is 54.6 Å². The molecule has 4 atom stereocenters. The average Bonchev–Trinajstić information content (AvgIpc) is 3.31. The first-order valence-electron chi connectivity index (χ1n) is 10.2. The van der Waals surface area contributed by atoms with Crippen molar-refractivity contribution in [2.45, 2.75) is 12.1 Å². The summed E-state index contributed by atoms with van der Waals surface area (Å²) in [6, 6.07) is 12.1. The van der Waals surface area contributed by atoms with Crippen LogP contribution < -0.4 is 14.4 Å². The van der Waals surface area contributed by atoms with Crippen molar-refractivity contribution >= 4 is 29.5 Å². The van der Waals surface area contributed by atoms with Crippen LogP contribution in [-0.2, 0) is 9.59 Å². The number of rotatable bonds is 5. The van der Waals surface area contributed by atoms with E-state index >= 15 is 0 Å². The Bertz CT molecular complexity index is 1140. The Hall–Kier alpha value is -3.94. The molecule has 2 saturated heterocycles. The van der Waals surface area contributed by atoms with Crippen molar-refractivity contribution in [1.29, 1.82) is 0 Å². The van der Waals surface area contributed by atoms with E-state index in [4.69, 9.17) is 9.47 Å². The number of ether oxygens (including phenoxy) is 2. The summed E-state index contributed by atoms with van der Waals surface area (Å²) < 4.78 is 10.3. The quantitative estimate of drug-likeness (QED) is 0.533. The lowest BCUT2D eigenvalue weighted by Gasteiger charge is -2.30. The zero-order chi connectivity index (χ0) is 22.4. The van der Waals surface area contributed by atoms with Gasteiger partial charge in [-0.15, -0.1) is 0 Å². The van der Waals surface area contributed by atoms with Crippen molar-refractivity contribution in [3.8, 4) is 11.5 Å². The van der Waals surface area contributed by atoms with Gasteiger partial charge in [0, 0.05) is 11.8 Å². The fourth-order valence-corrected chi connectivity index (χ4v) is 4.75. The molecule has 0 unspecified atom stereocenters. The Morgan fingerprint density at radius 3 is 2.09 bits per heavy atom. The SMILES string of the molecule is COc1ccc(C(=O)[C@H]2[C@H]3C(=O)N(c4ccc(OC)cc4)C(=O)[C@@H]3[C@H]3C=CC=NN32)cc1. The van der Waals surface area contributed by atoms with Crippen molar-refractivity contribution in [2.24, 2.45) is 16.9 Å². The number of hydrazone groups is 1. The highest BCUT2D eigenvalue weighted by Gasteiger charge is 2.64. The normalized spacial score (nSPS) is 25.7. The number of amides is 2. The summed E-state index contributed by atoms with van der Waals surface area (Å²) >= 11 is 0. The van der Waals surface area contributed by atoms with Crippen LogP contribution in [-0.4, -0.2) is 55.1 Å². The van der Waals surface area contributed by atoms with Gasteiger partial charge in [0.2, 0.25) is 11.8 Å². The number of anilines is 1. The van der Waals surface area contributed by atoms with Crippen LogP contribution in [0, 0.1) is 11.8 Å². The number of carbonyl (C=O) groups is 3. The van der Waals surface area contributed by atoms with Gasteiger partial charge in [0.15, 0.2) is 5.78 Å². The minimum atomic E-state index is -0.876. The van der Waals surface area contributed by atoms with E-state index in [1.807, 2.05) is 6.08 Å². The summed E-state index contributed by atoms with van der Waals surface area (Å²) in [5, 5.41) is 5.96. The number of hydrogen-bond acceptors (Lipinski definition) is 7. The predicted molar refractivity (Wildman–Crippen MR) is 117 cm³/mol. The number of fused-ring (bicyclic) bond motifs is 3. The van der Waals surface area contributed by atoms with Crippen molar-refractivity contribution in [2.75, 3.05) is 19.1 Å². The highest BCUT2D eigenvalue weighted by atomic mass is 16.5. The van der Waals surface area contributed by atoms with Gasteiger partial charge in [-0.2, -0.15) is 5.10 Å². The molecule has 0 aromatic heterocycles. The Balaban J connectivity index is 1.53. The summed E-state index contributed by atoms with van der Waals surface area (Å²) in [4.78, 5) is 41.7. The fraction of sp³-hybridized carbons (Fsp3) is 0.250. The summed E-state index contributed by atoms with van der Waals surface area (Å²) in [5.41, 5.74) is 0.892. The number of methoxy groups -OCH3 is 2. The smallest absolute Gasteiger partial charge is 0.240 e. The molecule has 8 heteroatoms. The monoisotopic (exact) mass is 431 g/mol. The number of ketones is 1. The molecule has 32 heavy (non-hydrogen) atoms. The largest absolute Gasteiger partial charge is 0.497 e. The Morgan fingerprint density at radius 1 is 0.875 bits per heavy atom. The lowest BCUT2D eigenvalue weighted by Crippen LogP contribution is -2.46. The van der Waals surface area contributed by atoms with Crippen LogP contribution in [0.15, 0.2) is 65.8 Å². The van der Waals surface area contributed by atoms with Gasteiger partial charge in [0.25, 0.3) is 0 Å². The first-order valence-corrected chi connectivity index (χ1v) is 10.2. The van der Waals surface area contributed by atoms with Crippen LogP contribution in [0.5, 0.6) is 11.5 Å². The number of Topliss-reactive ketones (excluding diaryl/α,β-unsaturated/α-hetero) is 1. The molecule has 5 rings (SSSR count). The van der Waals surface area contributed by atoms with E-state index < -0.39 is 29.8 Å². The van der Waals surface area contributed by atoms with Gasteiger partial charge in [-0.1, -0.05) is 6.08 Å². The Morgan fingerprint density at radius 2 is 1.47 bits per heavy atom. The van der Waals surface area contributed by atoms with Gasteiger partial charge in [-0.3, -0.25) is 19.4 Å². The Kier molecular flexibility index (Phi) is 4.77. The standard InChI is InChI=1S/C24H21N3O5/c1-31-16-9-5-14(6-10-16)22(28)21-20-19(18-4-3-13-25-27(18)21)23(29)26(24(20)30)15-7-11-17(32-2)12-8-15/h3-13,18-21H,1-2H3/t18-,19-,20+,21-/m1/s1. The molecule has 3 heterocycles. The lowest BCUT2D eigenvalue weighted by atomic mass is 9.86. The molecule has 0 spiro atoms. The molecule has 0 aliphatic carbocycles. The van der Waals surface area contributed by atoms with E-state index in [0.717, 1.165) is 0 Å². The second kappa shape index (κ2) is 7.64. The number of hydrogen-bond donors (Lipinski definition) is 0. The van der Waals surface area contributed by atoms with E-state index in [1.54, 1.807) is 80.1 Å². The molecule has 2 fully saturated rings. The van der Waals surface area contributed by atoms with E-state index in [1.165, 1.54) is 4.90 Å². The van der Waals surface area contributed by atoms with Crippen LogP contribution in [0.2, 0.25) is 0 Å². The van der Waals surface area contributed by atoms with Crippen molar-refractivity contribution in [3.05, 3.63) is 66.2 Å². The van der Waals surface area contributed by atoms with Gasteiger partial charge in [0.1, 0.15) is 17.5 Å². The molecule has 162 valence electrons. The second-order valence-electron chi connectivity index (χ2n) is 7.82. The predicted octanol–water partition coefficient (Wildman–Crippen LogP) is 2.30. The van der Waals surface area contributed by atoms with Crippen LogP contribution >= 0.6 is 0 Å². The maximum Gasteiger partial charge on any atom is 0.240 e. The second-order valence-corrected chi connectivity index (χ2v) is 7.82. The van der Waals surface area contributed by atoms with Crippen molar-refractivity contribution in [1.82, 2.24) is 5.01 Å². The number of benzene rings is 2. The summed E-state index contributed by atoms with van der Waals surface area (Å²) in [5.74, 6) is -1.25. The van der Waals surface area contributed by atoms with Gasteiger partial charge in [-0.25, -0.2) is 4.90 Å². The molecular weight excluding hydrogens is 410 g/mol. The minimum Gasteiger partial charge on any atom is -0.497 e. The number of carbonyl (C=O) groups excluding carboxylic acids is 3. The van der Waals surface area contributed by atoms with Crippen LogP contribution in [0.3, 0.4) is 0 Å². The molecule has 2 aromatic rings. The summed E-state index contributed by atoms with van der Waals surface area (Å²) in [6.45, 7) is 0. The third kappa shape index (κ3) is 2.90. The molecular formula is C24H21N3O5. The zero-order valence-electron chi connectivity index (χ0n) is 17.5. The van der Waals surface area contributed by atoms with E-state index in [9.17, 15) is 14.4 Å². The first kappa shape index (κ1) is 20.0. The van der Waals surface area contributed by atoms with E-state index in [-0.39, 0.29) is 11.7 Å². The molecule has 0 saturated carbocycles. The van der Waals surface area contributed by atoms with E-state index in [2.05, 4.69) is 5.10 Å². The molecule has 0 bridgehead atoms.